The molecule has 2 aromatic rings. The van der Waals surface area contributed by atoms with Gasteiger partial charge in [-0.3, -0.25) is 4.79 Å². The summed E-state index contributed by atoms with van der Waals surface area (Å²) in [5, 5.41) is 2.77. The van der Waals surface area contributed by atoms with Gasteiger partial charge in [-0.15, -0.1) is 0 Å². The van der Waals surface area contributed by atoms with E-state index in [1.54, 1.807) is 19.2 Å². The van der Waals surface area contributed by atoms with Crippen molar-refractivity contribution in [1.82, 2.24) is 0 Å². The van der Waals surface area contributed by atoms with E-state index in [9.17, 15) is 4.79 Å². The Morgan fingerprint density at radius 2 is 1.75 bits per heavy atom. The van der Waals surface area contributed by atoms with Gasteiger partial charge >= 0.3 is 0 Å². The van der Waals surface area contributed by atoms with E-state index in [2.05, 4.69) is 28.2 Å². The molecule has 0 aromatic heterocycles. The molecule has 0 fully saturated rings. The normalized spacial score (nSPS) is 10.2. The molecule has 1 amide bonds. The van der Waals surface area contributed by atoms with Crippen molar-refractivity contribution in [1.29, 1.82) is 0 Å². The lowest BCUT2D eigenvalue weighted by Gasteiger charge is -2.13. The minimum absolute atomic E-state index is 0.0903. The minimum Gasteiger partial charge on any atom is -0.495 e. The fourth-order valence-electron chi connectivity index (χ4n) is 2.11. The highest BCUT2D eigenvalue weighted by atomic mass is 79.9. The molecular formula is C18H20BrNO4. The number of hydrogen-bond acceptors (Lipinski definition) is 4. The van der Waals surface area contributed by atoms with E-state index in [-0.39, 0.29) is 12.5 Å². The smallest absolute Gasteiger partial charge is 0.262 e. The molecule has 0 saturated heterocycles. The van der Waals surface area contributed by atoms with Crippen LogP contribution in [0.15, 0.2) is 40.9 Å². The van der Waals surface area contributed by atoms with Gasteiger partial charge in [0.05, 0.1) is 24.4 Å². The summed E-state index contributed by atoms with van der Waals surface area (Å²) in [6, 6.07) is 11.1. The molecule has 0 saturated carbocycles. The van der Waals surface area contributed by atoms with Gasteiger partial charge in [0.1, 0.15) is 17.2 Å². The summed E-state index contributed by atoms with van der Waals surface area (Å²) in [4.78, 5) is 12.1. The molecule has 0 radical (unpaired) electrons. The number of amides is 1. The van der Waals surface area contributed by atoms with E-state index in [1.807, 2.05) is 24.3 Å². The minimum atomic E-state index is -0.280. The molecule has 0 bridgehead atoms. The van der Waals surface area contributed by atoms with Crippen molar-refractivity contribution in [2.24, 2.45) is 0 Å². The van der Waals surface area contributed by atoms with Crippen molar-refractivity contribution in [3.8, 4) is 17.2 Å². The Morgan fingerprint density at radius 1 is 1.08 bits per heavy atom. The molecule has 2 rings (SSSR count). The number of hydrogen-bond donors (Lipinski definition) is 1. The Morgan fingerprint density at radius 3 is 2.33 bits per heavy atom. The van der Waals surface area contributed by atoms with Crippen LogP contribution < -0.4 is 19.5 Å². The largest absolute Gasteiger partial charge is 0.495 e. The predicted molar refractivity (Wildman–Crippen MR) is 97.2 cm³/mol. The van der Waals surface area contributed by atoms with Crippen LogP contribution in [0.25, 0.3) is 0 Å². The fraction of sp³-hybridized carbons (Fsp3) is 0.278. The van der Waals surface area contributed by atoms with Crippen molar-refractivity contribution in [3.05, 3.63) is 46.4 Å². The third-order valence-corrected chi connectivity index (χ3v) is 4.07. The molecule has 0 atom stereocenters. The van der Waals surface area contributed by atoms with Gasteiger partial charge in [-0.1, -0.05) is 19.1 Å². The topological polar surface area (TPSA) is 56.8 Å². The fourth-order valence-corrected chi connectivity index (χ4v) is 2.60. The van der Waals surface area contributed by atoms with Gasteiger partial charge in [0.25, 0.3) is 5.91 Å². The van der Waals surface area contributed by atoms with E-state index >= 15 is 0 Å². The average Bonchev–Trinajstić information content (AvgIpc) is 2.61. The third-order valence-electron chi connectivity index (χ3n) is 3.45. The molecule has 0 aliphatic carbocycles. The predicted octanol–water partition coefficient (Wildman–Crippen LogP) is 4.05. The molecule has 0 aliphatic rings. The van der Waals surface area contributed by atoms with Gasteiger partial charge in [0.2, 0.25) is 0 Å². The highest BCUT2D eigenvalue weighted by Crippen LogP contribution is 2.36. The van der Waals surface area contributed by atoms with Gasteiger partial charge in [-0.25, -0.2) is 0 Å². The van der Waals surface area contributed by atoms with Crippen LogP contribution in [0.1, 0.15) is 12.5 Å². The first-order valence-electron chi connectivity index (χ1n) is 7.50. The maximum atomic E-state index is 12.1. The quantitative estimate of drug-likeness (QED) is 0.770. The van der Waals surface area contributed by atoms with Gasteiger partial charge in [-0.2, -0.15) is 0 Å². The lowest BCUT2D eigenvalue weighted by Crippen LogP contribution is -2.20. The van der Waals surface area contributed by atoms with Crippen LogP contribution in [0.2, 0.25) is 0 Å². The van der Waals surface area contributed by atoms with E-state index in [0.29, 0.717) is 22.9 Å². The lowest BCUT2D eigenvalue weighted by molar-refractivity contribution is -0.118. The summed E-state index contributed by atoms with van der Waals surface area (Å²) in [5.74, 6) is 1.51. The number of ether oxygens (including phenoxy) is 3. The Balaban J connectivity index is 2.01. The van der Waals surface area contributed by atoms with Gasteiger partial charge in [0, 0.05) is 12.1 Å². The van der Waals surface area contributed by atoms with Crippen LogP contribution in [-0.4, -0.2) is 26.7 Å². The second-order valence-corrected chi connectivity index (χ2v) is 5.88. The summed E-state index contributed by atoms with van der Waals surface area (Å²) in [5.41, 5.74) is 1.74. The number of aryl methyl sites for hydroxylation is 1. The molecule has 0 unspecified atom stereocenters. The number of carbonyl (C=O) groups excluding carboxylic acids is 1. The first kappa shape index (κ1) is 18.1. The highest BCUT2D eigenvalue weighted by Gasteiger charge is 2.12. The Hall–Kier alpha value is -2.21. The summed E-state index contributed by atoms with van der Waals surface area (Å²) in [7, 11) is 3.09. The van der Waals surface area contributed by atoms with Crippen LogP contribution in [0.3, 0.4) is 0 Å². The van der Waals surface area contributed by atoms with E-state index in [1.165, 1.54) is 12.7 Å². The Bertz CT molecular complexity index is 701. The molecule has 6 heteroatoms. The second-order valence-electron chi connectivity index (χ2n) is 5.02. The maximum absolute atomic E-state index is 12.1. The number of anilines is 1. The molecule has 0 heterocycles. The van der Waals surface area contributed by atoms with E-state index in [4.69, 9.17) is 14.2 Å². The van der Waals surface area contributed by atoms with Crippen molar-refractivity contribution < 1.29 is 19.0 Å². The maximum Gasteiger partial charge on any atom is 0.262 e. The molecule has 0 spiro atoms. The Labute approximate surface area is 150 Å². The molecule has 1 N–H and O–H groups in total. The van der Waals surface area contributed by atoms with Gasteiger partial charge in [0.15, 0.2) is 6.61 Å². The van der Waals surface area contributed by atoms with Gasteiger partial charge in [-0.05, 0) is 40.0 Å². The van der Waals surface area contributed by atoms with Crippen molar-refractivity contribution in [3.63, 3.8) is 0 Å². The molecule has 5 nitrogen and oxygen atoms in total. The molecule has 24 heavy (non-hydrogen) atoms. The number of rotatable bonds is 7. The monoisotopic (exact) mass is 393 g/mol. The first-order valence-corrected chi connectivity index (χ1v) is 8.29. The first-order chi connectivity index (χ1) is 11.6. The number of nitrogens with one attached hydrogen (secondary N) is 1. The number of methoxy groups -OCH3 is 2. The number of halogens is 1. The number of benzene rings is 2. The number of carbonyl (C=O) groups is 1. The zero-order valence-electron chi connectivity index (χ0n) is 13.9. The van der Waals surface area contributed by atoms with Gasteiger partial charge < -0.3 is 19.5 Å². The van der Waals surface area contributed by atoms with E-state index < -0.39 is 0 Å². The van der Waals surface area contributed by atoms with Crippen molar-refractivity contribution >= 4 is 27.5 Å². The van der Waals surface area contributed by atoms with Crippen LogP contribution in [-0.2, 0) is 11.2 Å². The molecular weight excluding hydrogens is 374 g/mol. The van der Waals surface area contributed by atoms with Crippen LogP contribution >= 0.6 is 15.9 Å². The second kappa shape index (κ2) is 8.59. The summed E-state index contributed by atoms with van der Waals surface area (Å²) >= 11 is 3.38. The zero-order valence-corrected chi connectivity index (χ0v) is 15.5. The standard InChI is InChI=1S/C18H20BrNO4/c1-4-12-5-7-13(8-6-12)24-11-18(21)20-15-10-16(22-2)14(19)9-17(15)23-3/h5-10H,4,11H2,1-3H3,(H,20,21). The van der Waals surface area contributed by atoms with Crippen LogP contribution in [0.4, 0.5) is 5.69 Å². The third kappa shape index (κ3) is 4.64. The summed E-state index contributed by atoms with van der Waals surface area (Å²) < 4.78 is 16.7. The van der Waals surface area contributed by atoms with Crippen LogP contribution in [0, 0.1) is 0 Å². The SMILES string of the molecule is CCc1ccc(OCC(=O)Nc2cc(OC)c(Br)cc2OC)cc1. The Kier molecular flexibility index (Phi) is 6.49. The molecule has 128 valence electrons. The highest BCUT2D eigenvalue weighted by molar-refractivity contribution is 9.10. The van der Waals surface area contributed by atoms with Crippen LogP contribution in [0.5, 0.6) is 17.2 Å². The lowest BCUT2D eigenvalue weighted by atomic mass is 10.2. The molecule has 0 aliphatic heterocycles. The molecule has 2 aromatic carbocycles. The summed E-state index contributed by atoms with van der Waals surface area (Å²) in [6.07, 6.45) is 0.964. The summed E-state index contributed by atoms with van der Waals surface area (Å²) in [6.45, 7) is 2.00. The average molecular weight is 394 g/mol. The van der Waals surface area contributed by atoms with Crippen molar-refractivity contribution in [2.45, 2.75) is 13.3 Å². The van der Waals surface area contributed by atoms with Crippen molar-refractivity contribution in [2.75, 3.05) is 26.1 Å². The van der Waals surface area contributed by atoms with E-state index in [0.717, 1.165) is 10.9 Å². The zero-order chi connectivity index (χ0) is 17.5.